The maximum atomic E-state index is 11.6. The van der Waals surface area contributed by atoms with Gasteiger partial charge in [-0.05, 0) is 12.7 Å². The lowest BCUT2D eigenvalue weighted by Gasteiger charge is -2.05. The molecule has 0 aliphatic heterocycles. The van der Waals surface area contributed by atoms with Crippen LogP contribution in [0.3, 0.4) is 0 Å². The van der Waals surface area contributed by atoms with Gasteiger partial charge in [-0.25, -0.2) is 10.4 Å². The number of nitrogens with one attached hydrogen (secondary N) is 1. The van der Waals surface area contributed by atoms with E-state index < -0.39 is 16.4 Å². The van der Waals surface area contributed by atoms with Gasteiger partial charge in [0.05, 0.1) is 17.6 Å². The number of rotatable bonds is 5. The van der Waals surface area contributed by atoms with E-state index in [4.69, 9.17) is 0 Å². The van der Waals surface area contributed by atoms with E-state index in [0.717, 1.165) is 17.8 Å². The molecule has 0 bridgehead atoms. The molecule has 0 radical (unpaired) electrons. The van der Waals surface area contributed by atoms with E-state index in [2.05, 4.69) is 15.5 Å². The molecule has 22 heavy (non-hydrogen) atoms. The Labute approximate surface area is 129 Å². The monoisotopic (exact) mass is 319 g/mol. The van der Waals surface area contributed by atoms with Crippen LogP contribution < -0.4 is 10.5 Å². The summed E-state index contributed by atoms with van der Waals surface area (Å²) in [6.45, 7) is 1.84. The van der Waals surface area contributed by atoms with Gasteiger partial charge in [0, 0.05) is 22.7 Å². The Balaban J connectivity index is 1.96. The van der Waals surface area contributed by atoms with Crippen molar-refractivity contribution < 1.29 is 14.8 Å². The molecule has 1 heterocycles. The third-order valence-electron chi connectivity index (χ3n) is 2.56. The van der Waals surface area contributed by atoms with Gasteiger partial charge in [-0.15, -0.1) is 11.3 Å². The number of hydrogen-bond donors (Lipinski definition) is 1. The van der Waals surface area contributed by atoms with Crippen LogP contribution in [0.15, 0.2) is 28.7 Å². The number of carbonyl (C=O) groups excluding carboxylic acids is 1. The summed E-state index contributed by atoms with van der Waals surface area (Å²) >= 11 is 1.38. The van der Waals surface area contributed by atoms with Crippen LogP contribution in [0.1, 0.15) is 16.3 Å². The molecule has 0 saturated heterocycles. The van der Waals surface area contributed by atoms with E-state index >= 15 is 0 Å². The van der Waals surface area contributed by atoms with Gasteiger partial charge in [-0.2, -0.15) is 5.10 Å². The molecule has 1 amide bonds. The summed E-state index contributed by atoms with van der Waals surface area (Å²) in [6.07, 6.45) is 1.34. The molecule has 0 unspecified atom stereocenters. The number of benzene rings is 1. The topological polar surface area (TPSA) is 121 Å². The third kappa shape index (κ3) is 4.09. The minimum Gasteiger partial charge on any atom is -0.868 e. The molecule has 2 rings (SSSR count). The van der Waals surface area contributed by atoms with Gasteiger partial charge in [-0.3, -0.25) is 14.9 Å². The number of thiazole rings is 1. The van der Waals surface area contributed by atoms with Crippen LogP contribution in [0, 0.1) is 17.0 Å². The molecule has 0 saturated carbocycles. The molecule has 114 valence electrons. The first-order valence-corrected chi connectivity index (χ1v) is 7.02. The highest BCUT2D eigenvalue weighted by Crippen LogP contribution is 2.22. The van der Waals surface area contributed by atoms with E-state index in [-0.39, 0.29) is 12.3 Å². The first kappa shape index (κ1) is 15.6. The van der Waals surface area contributed by atoms with Gasteiger partial charge in [-0.1, -0.05) is 12.1 Å². The van der Waals surface area contributed by atoms with Gasteiger partial charge in [0.25, 0.3) is 5.69 Å². The number of carbonyl (C=O) groups is 1. The first-order chi connectivity index (χ1) is 10.5. The normalized spacial score (nSPS) is 10.8. The lowest BCUT2D eigenvalue weighted by Crippen LogP contribution is -2.19. The van der Waals surface area contributed by atoms with Gasteiger partial charge >= 0.3 is 0 Å². The number of aromatic nitrogens is 1. The minimum absolute atomic E-state index is 0.107. The fourth-order valence-electron chi connectivity index (χ4n) is 1.60. The Hall–Kier alpha value is -2.81. The summed E-state index contributed by atoms with van der Waals surface area (Å²) in [5.41, 5.74) is 2.96. The lowest BCUT2D eigenvalue weighted by molar-refractivity contribution is -0.398. The quantitative estimate of drug-likeness (QED) is 0.503. The van der Waals surface area contributed by atoms with Gasteiger partial charge in [0.2, 0.25) is 5.91 Å². The maximum absolute atomic E-state index is 11.6. The van der Waals surface area contributed by atoms with Gasteiger partial charge in [0.15, 0.2) is 0 Å². The lowest BCUT2D eigenvalue weighted by atomic mass is 10.2. The second-order valence-corrected chi connectivity index (χ2v) is 5.28. The standard InChI is InChI=1S/C13H12N4O4S/c1-8-7-22-13(15-8)5-12(19)16-14-6-9-2-3-11(18)10(4-9)17(20)21/h2-4,6-7,18H,5H2,1H3,(H,16,19)/p-1/b14-6-. The van der Waals surface area contributed by atoms with Crippen molar-refractivity contribution in [2.24, 2.45) is 5.10 Å². The molecule has 8 nitrogen and oxygen atoms in total. The highest BCUT2D eigenvalue weighted by Gasteiger charge is 2.08. The molecule has 9 heteroatoms. The van der Waals surface area contributed by atoms with Crippen molar-refractivity contribution in [3.05, 3.63) is 50.0 Å². The fourth-order valence-corrected chi connectivity index (χ4v) is 2.37. The fraction of sp³-hybridized carbons (Fsp3) is 0.154. The average molecular weight is 319 g/mol. The number of hydrogen-bond acceptors (Lipinski definition) is 7. The van der Waals surface area contributed by atoms with E-state index in [1.165, 1.54) is 23.6 Å². The summed E-state index contributed by atoms with van der Waals surface area (Å²) in [4.78, 5) is 25.7. The zero-order chi connectivity index (χ0) is 16.1. The number of hydrazone groups is 1. The molecular formula is C13H11N4O4S-. The summed E-state index contributed by atoms with van der Waals surface area (Å²) in [5, 5.41) is 28.1. The van der Waals surface area contributed by atoms with Crippen LogP contribution in [0.5, 0.6) is 5.75 Å². The molecule has 2 aromatic rings. The molecule has 0 aliphatic rings. The Morgan fingerprint density at radius 2 is 2.32 bits per heavy atom. The van der Waals surface area contributed by atoms with Crippen LogP contribution in [0.25, 0.3) is 0 Å². The summed E-state index contributed by atoms with van der Waals surface area (Å²) in [6, 6.07) is 3.57. The van der Waals surface area contributed by atoms with Crippen molar-refractivity contribution in [3.8, 4) is 5.75 Å². The Morgan fingerprint density at radius 1 is 1.55 bits per heavy atom. The van der Waals surface area contributed by atoms with Crippen molar-refractivity contribution >= 4 is 29.1 Å². The predicted molar refractivity (Wildman–Crippen MR) is 78.8 cm³/mol. The molecule has 1 N–H and O–H groups in total. The van der Waals surface area contributed by atoms with E-state index in [9.17, 15) is 20.0 Å². The largest absolute Gasteiger partial charge is 0.868 e. The smallest absolute Gasteiger partial charge is 0.262 e. The van der Waals surface area contributed by atoms with Gasteiger partial charge < -0.3 is 5.11 Å². The molecule has 1 aromatic carbocycles. The van der Waals surface area contributed by atoms with Crippen LogP contribution in [-0.2, 0) is 11.2 Å². The van der Waals surface area contributed by atoms with E-state index in [1.807, 2.05) is 12.3 Å². The van der Waals surface area contributed by atoms with Crippen molar-refractivity contribution in [1.29, 1.82) is 0 Å². The summed E-state index contributed by atoms with van der Waals surface area (Å²) in [7, 11) is 0. The Kier molecular flexibility index (Phi) is 4.79. The van der Waals surface area contributed by atoms with Gasteiger partial charge in [0.1, 0.15) is 5.01 Å². The highest BCUT2D eigenvalue weighted by molar-refractivity contribution is 7.09. The molecule has 0 spiro atoms. The first-order valence-electron chi connectivity index (χ1n) is 6.14. The van der Waals surface area contributed by atoms with Crippen molar-refractivity contribution in [2.45, 2.75) is 13.3 Å². The number of nitrogens with zero attached hydrogens (tertiary/aromatic N) is 3. The van der Waals surface area contributed by atoms with E-state index in [1.54, 1.807) is 0 Å². The molecule has 0 aliphatic carbocycles. The van der Waals surface area contributed by atoms with E-state index in [0.29, 0.717) is 10.6 Å². The van der Waals surface area contributed by atoms with Crippen molar-refractivity contribution in [1.82, 2.24) is 10.4 Å². The summed E-state index contributed by atoms with van der Waals surface area (Å²) < 4.78 is 0. The maximum Gasteiger partial charge on any atom is 0.262 e. The highest BCUT2D eigenvalue weighted by atomic mass is 32.1. The zero-order valence-electron chi connectivity index (χ0n) is 11.5. The van der Waals surface area contributed by atoms with Crippen molar-refractivity contribution in [2.75, 3.05) is 0 Å². The molecule has 0 atom stereocenters. The number of amides is 1. The Morgan fingerprint density at radius 3 is 2.95 bits per heavy atom. The second kappa shape index (κ2) is 6.76. The molecule has 0 fully saturated rings. The van der Waals surface area contributed by atoms with Crippen LogP contribution in [0.2, 0.25) is 0 Å². The number of nitro groups is 1. The summed E-state index contributed by atoms with van der Waals surface area (Å²) in [5.74, 6) is -1.02. The molecule has 1 aromatic heterocycles. The molecular weight excluding hydrogens is 308 g/mol. The second-order valence-electron chi connectivity index (χ2n) is 4.34. The van der Waals surface area contributed by atoms with Crippen molar-refractivity contribution in [3.63, 3.8) is 0 Å². The predicted octanol–water partition coefficient (Wildman–Crippen LogP) is 1.13. The SMILES string of the molecule is Cc1csc(CC(=O)N/N=C\c2ccc([O-])c([N+](=O)[O-])c2)n1. The number of nitro benzene ring substituents is 1. The zero-order valence-corrected chi connectivity index (χ0v) is 12.3. The minimum atomic E-state index is -0.761. The van der Waals surface area contributed by atoms with Crippen LogP contribution in [0.4, 0.5) is 5.69 Å². The third-order valence-corrected chi connectivity index (χ3v) is 3.53. The number of aryl methyl sites for hydroxylation is 1. The Bertz CT molecular complexity index is 741. The van der Waals surface area contributed by atoms with Crippen LogP contribution >= 0.6 is 11.3 Å². The van der Waals surface area contributed by atoms with Crippen LogP contribution in [-0.4, -0.2) is 22.0 Å². The average Bonchev–Trinajstić information content (AvgIpc) is 2.85.